The first kappa shape index (κ1) is 12.7. The molecule has 0 radical (unpaired) electrons. The fraction of sp³-hybridized carbons (Fsp3) is 0.333. The molecule has 0 saturated carbocycles. The number of benzene rings is 1. The van der Waals surface area contributed by atoms with Gasteiger partial charge in [0.15, 0.2) is 11.6 Å². The van der Waals surface area contributed by atoms with Crippen LogP contribution in [0.5, 0.6) is 5.75 Å². The van der Waals surface area contributed by atoms with Crippen LogP contribution >= 0.6 is 0 Å². The van der Waals surface area contributed by atoms with E-state index in [1.807, 2.05) is 0 Å². The molecule has 5 nitrogen and oxygen atoms in total. The van der Waals surface area contributed by atoms with Crippen LogP contribution in [0.3, 0.4) is 0 Å². The summed E-state index contributed by atoms with van der Waals surface area (Å²) in [6.45, 7) is 0.176. The van der Waals surface area contributed by atoms with E-state index in [9.17, 15) is 12.8 Å². The molecule has 0 atom stereocenters. The molecule has 0 heterocycles. The number of nitrogens with one attached hydrogen (secondary N) is 2. The van der Waals surface area contributed by atoms with Crippen molar-refractivity contribution >= 4 is 15.7 Å². The summed E-state index contributed by atoms with van der Waals surface area (Å²) in [6.07, 6.45) is 0.996. The van der Waals surface area contributed by atoms with E-state index in [0.29, 0.717) is 0 Å². The Morgan fingerprint density at radius 2 is 2.12 bits per heavy atom. The standard InChI is InChI=1S/C9H13FN2O3S/c1-11-6-15-9-4-3-7(5-8(9)10)12-16(2,13)14/h3-5,11-12H,6H2,1-2H3. The maximum atomic E-state index is 13.4. The van der Waals surface area contributed by atoms with E-state index in [1.165, 1.54) is 12.1 Å². The van der Waals surface area contributed by atoms with Crippen molar-refractivity contribution in [2.24, 2.45) is 0 Å². The summed E-state index contributed by atoms with van der Waals surface area (Å²) in [4.78, 5) is 0. The Hall–Kier alpha value is -1.34. The van der Waals surface area contributed by atoms with Gasteiger partial charge in [-0.3, -0.25) is 10.0 Å². The van der Waals surface area contributed by atoms with E-state index in [4.69, 9.17) is 4.74 Å². The third-order valence-electron chi connectivity index (χ3n) is 1.61. The maximum Gasteiger partial charge on any atom is 0.229 e. The summed E-state index contributed by atoms with van der Waals surface area (Å²) in [5.41, 5.74) is 0.164. The number of halogens is 1. The molecule has 1 rings (SSSR count). The van der Waals surface area contributed by atoms with Crippen molar-refractivity contribution in [1.29, 1.82) is 0 Å². The van der Waals surface area contributed by atoms with E-state index in [1.54, 1.807) is 7.05 Å². The highest BCUT2D eigenvalue weighted by atomic mass is 32.2. The molecular weight excluding hydrogens is 235 g/mol. The van der Waals surface area contributed by atoms with Crippen molar-refractivity contribution < 1.29 is 17.5 Å². The second kappa shape index (κ2) is 5.13. The molecule has 0 unspecified atom stereocenters. The molecule has 0 aliphatic carbocycles. The largest absolute Gasteiger partial charge is 0.475 e. The average molecular weight is 248 g/mol. The molecule has 0 fully saturated rings. The molecule has 0 amide bonds. The third kappa shape index (κ3) is 4.03. The van der Waals surface area contributed by atoms with Crippen molar-refractivity contribution in [1.82, 2.24) is 5.32 Å². The van der Waals surface area contributed by atoms with Gasteiger partial charge in [0.1, 0.15) is 6.73 Å². The van der Waals surface area contributed by atoms with Gasteiger partial charge in [-0.25, -0.2) is 12.8 Å². The van der Waals surface area contributed by atoms with Crippen LogP contribution < -0.4 is 14.8 Å². The minimum Gasteiger partial charge on any atom is -0.475 e. The van der Waals surface area contributed by atoms with Gasteiger partial charge in [0, 0.05) is 6.07 Å². The van der Waals surface area contributed by atoms with Gasteiger partial charge in [-0.15, -0.1) is 0 Å². The predicted octanol–water partition coefficient (Wildman–Crippen LogP) is 0.753. The van der Waals surface area contributed by atoms with E-state index in [2.05, 4.69) is 10.0 Å². The number of anilines is 1. The van der Waals surface area contributed by atoms with E-state index in [-0.39, 0.29) is 18.2 Å². The van der Waals surface area contributed by atoms with Gasteiger partial charge >= 0.3 is 0 Å². The van der Waals surface area contributed by atoms with E-state index < -0.39 is 15.8 Å². The van der Waals surface area contributed by atoms with E-state index >= 15 is 0 Å². The molecule has 0 aromatic heterocycles. The highest BCUT2D eigenvalue weighted by Crippen LogP contribution is 2.21. The highest BCUT2D eigenvalue weighted by molar-refractivity contribution is 7.92. The molecule has 2 N–H and O–H groups in total. The lowest BCUT2D eigenvalue weighted by atomic mass is 10.3. The molecular formula is C9H13FN2O3S. The summed E-state index contributed by atoms with van der Waals surface area (Å²) >= 11 is 0. The Kier molecular flexibility index (Phi) is 4.08. The lowest BCUT2D eigenvalue weighted by Crippen LogP contribution is -2.15. The lowest BCUT2D eigenvalue weighted by molar-refractivity contribution is 0.282. The second-order valence-electron chi connectivity index (χ2n) is 3.16. The van der Waals surface area contributed by atoms with Crippen molar-refractivity contribution in [3.8, 4) is 5.75 Å². The average Bonchev–Trinajstić information content (AvgIpc) is 2.14. The SMILES string of the molecule is CNCOc1ccc(NS(C)(=O)=O)cc1F. The van der Waals surface area contributed by atoms with Gasteiger partial charge in [-0.2, -0.15) is 0 Å². The topological polar surface area (TPSA) is 67.4 Å². The number of ether oxygens (including phenoxy) is 1. The van der Waals surface area contributed by atoms with Gasteiger partial charge < -0.3 is 4.74 Å². The van der Waals surface area contributed by atoms with Gasteiger partial charge in [-0.05, 0) is 19.2 Å². The van der Waals surface area contributed by atoms with Crippen LogP contribution in [0.1, 0.15) is 0 Å². The third-order valence-corrected chi connectivity index (χ3v) is 2.21. The monoisotopic (exact) mass is 248 g/mol. The summed E-state index contributed by atoms with van der Waals surface area (Å²) in [7, 11) is -1.73. The zero-order chi connectivity index (χ0) is 12.2. The minimum atomic E-state index is -3.39. The molecule has 0 spiro atoms. The predicted molar refractivity (Wildman–Crippen MR) is 59.4 cm³/mol. The summed E-state index contributed by atoms with van der Waals surface area (Å²) in [6, 6.07) is 3.85. The number of rotatable bonds is 5. The van der Waals surface area contributed by atoms with Gasteiger partial charge in [0.2, 0.25) is 10.0 Å². The summed E-state index contributed by atoms with van der Waals surface area (Å²) in [5.74, 6) is -0.558. The van der Waals surface area contributed by atoms with Gasteiger partial charge in [0.25, 0.3) is 0 Å². The van der Waals surface area contributed by atoms with E-state index in [0.717, 1.165) is 12.3 Å². The van der Waals surface area contributed by atoms with Crippen molar-refractivity contribution in [2.75, 3.05) is 24.8 Å². The molecule has 1 aromatic rings. The van der Waals surface area contributed by atoms with Crippen LogP contribution in [-0.2, 0) is 10.0 Å². The fourth-order valence-corrected chi connectivity index (χ4v) is 1.60. The number of sulfonamides is 1. The molecule has 16 heavy (non-hydrogen) atoms. The Labute approximate surface area is 93.7 Å². The Bertz CT molecular complexity index is 462. The van der Waals surface area contributed by atoms with Crippen molar-refractivity contribution in [2.45, 2.75) is 0 Å². The zero-order valence-electron chi connectivity index (χ0n) is 8.95. The molecule has 90 valence electrons. The van der Waals surface area contributed by atoms with Crippen LogP contribution in [0.25, 0.3) is 0 Å². The molecule has 0 aliphatic heterocycles. The van der Waals surface area contributed by atoms with Gasteiger partial charge in [0.05, 0.1) is 11.9 Å². The van der Waals surface area contributed by atoms with Crippen molar-refractivity contribution in [3.05, 3.63) is 24.0 Å². The van der Waals surface area contributed by atoms with Crippen LogP contribution in [-0.4, -0.2) is 28.5 Å². The van der Waals surface area contributed by atoms with Gasteiger partial charge in [-0.1, -0.05) is 0 Å². The quantitative estimate of drug-likeness (QED) is 0.755. The lowest BCUT2D eigenvalue weighted by Gasteiger charge is -2.08. The summed E-state index contributed by atoms with van der Waals surface area (Å²) in [5, 5.41) is 2.70. The van der Waals surface area contributed by atoms with Crippen LogP contribution in [0, 0.1) is 5.82 Å². The number of hydrogen-bond acceptors (Lipinski definition) is 4. The first-order valence-corrected chi connectivity index (χ1v) is 6.36. The second-order valence-corrected chi connectivity index (χ2v) is 4.91. The Morgan fingerprint density at radius 3 is 2.62 bits per heavy atom. The fourth-order valence-electron chi connectivity index (χ4n) is 1.05. The molecule has 1 aromatic carbocycles. The smallest absolute Gasteiger partial charge is 0.229 e. The first-order chi connectivity index (χ1) is 7.42. The summed E-state index contributed by atoms with van der Waals surface area (Å²) < 4.78 is 42.3. The Morgan fingerprint density at radius 1 is 1.44 bits per heavy atom. The normalized spacial score (nSPS) is 11.2. The maximum absolute atomic E-state index is 13.4. The van der Waals surface area contributed by atoms with Crippen LogP contribution in [0.4, 0.5) is 10.1 Å². The minimum absolute atomic E-state index is 0.0633. The van der Waals surface area contributed by atoms with Crippen LogP contribution in [0.2, 0.25) is 0 Å². The molecule has 0 bridgehead atoms. The molecule has 7 heteroatoms. The van der Waals surface area contributed by atoms with Crippen molar-refractivity contribution in [3.63, 3.8) is 0 Å². The number of hydrogen-bond donors (Lipinski definition) is 2. The highest BCUT2D eigenvalue weighted by Gasteiger charge is 2.07. The Balaban J connectivity index is 2.82. The molecule has 0 saturated heterocycles. The molecule has 0 aliphatic rings. The first-order valence-electron chi connectivity index (χ1n) is 4.47. The van der Waals surface area contributed by atoms with Crippen LogP contribution in [0.15, 0.2) is 18.2 Å². The zero-order valence-corrected chi connectivity index (χ0v) is 9.77.